The molecule has 0 bridgehead atoms. The number of hydrogen-bond donors (Lipinski definition) is 0. The Morgan fingerprint density at radius 1 is 1.24 bits per heavy atom. The van der Waals surface area contributed by atoms with Crippen molar-refractivity contribution in [3.8, 4) is 16.5 Å². The Balaban J connectivity index is 1.44. The molecular weight excluding hydrogens is 437 g/mol. The number of nitriles is 1. The highest BCUT2D eigenvalue weighted by Crippen LogP contribution is 2.33. The Labute approximate surface area is 195 Å². The van der Waals surface area contributed by atoms with Crippen LogP contribution in [-0.2, 0) is 6.42 Å². The van der Waals surface area contributed by atoms with E-state index in [4.69, 9.17) is 0 Å². The SMILES string of the molecule is Cc1nc(C(=O)N2CCCC[C@H]2Cc2cn3cccc(C#N)c3n2)c(-c2ccc(F)cc2)s1. The van der Waals surface area contributed by atoms with Crippen LogP contribution in [0.25, 0.3) is 16.1 Å². The van der Waals surface area contributed by atoms with E-state index in [0.717, 1.165) is 40.4 Å². The summed E-state index contributed by atoms with van der Waals surface area (Å²) in [6, 6.07) is 12.0. The molecule has 1 saturated heterocycles. The molecule has 8 heteroatoms. The Kier molecular flexibility index (Phi) is 5.65. The fourth-order valence-electron chi connectivity index (χ4n) is 4.48. The van der Waals surface area contributed by atoms with Gasteiger partial charge in [-0.15, -0.1) is 11.3 Å². The summed E-state index contributed by atoms with van der Waals surface area (Å²) < 4.78 is 15.3. The fourth-order valence-corrected chi connectivity index (χ4v) is 5.39. The monoisotopic (exact) mass is 459 g/mol. The van der Waals surface area contributed by atoms with Gasteiger partial charge in [0.15, 0.2) is 5.65 Å². The number of likely N-dealkylation sites (tertiary alicyclic amines) is 1. The summed E-state index contributed by atoms with van der Waals surface area (Å²) in [6.07, 6.45) is 7.31. The van der Waals surface area contributed by atoms with Gasteiger partial charge in [-0.25, -0.2) is 14.4 Å². The van der Waals surface area contributed by atoms with Gasteiger partial charge in [0.05, 0.1) is 21.1 Å². The number of carbonyl (C=O) groups is 1. The van der Waals surface area contributed by atoms with E-state index in [2.05, 4.69) is 16.0 Å². The zero-order chi connectivity index (χ0) is 22.9. The lowest BCUT2D eigenvalue weighted by Crippen LogP contribution is -2.45. The molecule has 1 aromatic carbocycles. The van der Waals surface area contributed by atoms with Gasteiger partial charge in [0.25, 0.3) is 5.91 Å². The highest BCUT2D eigenvalue weighted by atomic mass is 32.1. The topological polar surface area (TPSA) is 74.3 Å². The van der Waals surface area contributed by atoms with Crippen LogP contribution in [0, 0.1) is 24.1 Å². The number of thiazole rings is 1. The van der Waals surface area contributed by atoms with Crippen molar-refractivity contribution in [2.75, 3.05) is 6.54 Å². The first kappa shape index (κ1) is 21.3. The summed E-state index contributed by atoms with van der Waals surface area (Å²) in [4.78, 5) is 25.6. The summed E-state index contributed by atoms with van der Waals surface area (Å²) in [5, 5.41) is 10.2. The zero-order valence-corrected chi connectivity index (χ0v) is 19.0. The van der Waals surface area contributed by atoms with Gasteiger partial charge < -0.3 is 9.30 Å². The van der Waals surface area contributed by atoms with E-state index in [0.29, 0.717) is 29.9 Å². The van der Waals surface area contributed by atoms with Crippen LogP contribution in [0.3, 0.4) is 0 Å². The summed E-state index contributed by atoms with van der Waals surface area (Å²) in [7, 11) is 0. The van der Waals surface area contributed by atoms with E-state index in [9.17, 15) is 14.4 Å². The van der Waals surface area contributed by atoms with Crippen LogP contribution < -0.4 is 0 Å². The number of nitrogens with zero attached hydrogens (tertiary/aromatic N) is 5. The number of amides is 1. The van der Waals surface area contributed by atoms with Crippen LogP contribution in [-0.4, -0.2) is 37.8 Å². The second-order valence-electron chi connectivity index (χ2n) is 8.27. The molecule has 6 nitrogen and oxygen atoms in total. The Hall–Kier alpha value is -3.57. The molecule has 33 heavy (non-hydrogen) atoms. The van der Waals surface area contributed by atoms with Gasteiger partial charge >= 0.3 is 0 Å². The van der Waals surface area contributed by atoms with Gasteiger partial charge in [0.2, 0.25) is 0 Å². The molecule has 1 fully saturated rings. The largest absolute Gasteiger partial charge is 0.334 e. The second kappa shape index (κ2) is 8.75. The molecule has 0 aliphatic carbocycles. The van der Waals surface area contributed by atoms with Crippen molar-refractivity contribution in [3.05, 3.63) is 76.6 Å². The van der Waals surface area contributed by atoms with Crippen molar-refractivity contribution in [2.45, 2.75) is 38.6 Å². The molecule has 4 aromatic rings. The first-order valence-corrected chi connectivity index (χ1v) is 11.8. The maximum Gasteiger partial charge on any atom is 0.274 e. The first-order chi connectivity index (χ1) is 16.0. The van der Waals surface area contributed by atoms with E-state index in [1.54, 1.807) is 18.2 Å². The third-order valence-electron chi connectivity index (χ3n) is 6.03. The maximum atomic E-state index is 13.7. The van der Waals surface area contributed by atoms with Crippen molar-refractivity contribution in [2.24, 2.45) is 0 Å². The van der Waals surface area contributed by atoms with E-state index < -0.39 is 0 Å². The Bertz CT molecular complexity index is 1370. The molecule has 1 amide bonds. The fraction of sp³-hybridized carbons (Fsp3) is 0.280. The van der Waals surface area contributed by atoms with E-state index in [-0.39, 0.29) is 17.8 Å². The molecule has 1 aliphatic heterocycles. The average molecular weight is 460 g/mol. The lowest BCUT2D eigenvalue weighted by Gasteiger charge is -2.35. The molecule has 0 radical (unpaired) electrons. The van der Waals surface area contributed by atoms with Gasteiger partial charge in [0, 0.05) is 31.4 Å². The number of piperidine rings is 1. The standard InChI is InChI=1S/C25H22FN5OS/c1-16-28-22(23(33-16)17-7-9-19(26)10-8-17)25(32)31-12-3-2-6-21(31)13-20-15-30-11-4-5-18(14-27)24(30)29-20/h4-5,7-11,15,21H,2-3,6,12-13H2,1H3/t21-/m0/s1. The molecule has 5 rings (SSSR count). The predicted octanol–water partition coefficient (Wildman–Crippen LogP) is 5.01. The smallest absolute Gasteiger partial charge is 0.274 e. The summed E-state index contributed by atoms with van der Waals surface area (Å²) in [5.41, 5.74) is 3.25. The van der Waals surface area contributed by atoms with E-state index in [1.165, 1.54) is 23.5 Å². The number of hydrogen-bond acceptors (Lipinski definition) is 5. The predicted molar refractivity (Wildman–Crippen MR) is 125 cm³/mol. The van der Waals surface area contributed by atoms with Gasteiger partial charge in [-0.05, 0) is 56.0 Å². The molecule has 3 aromatic heterocycles. The third-order valence-corrected chi connectivity index (χ3v) is 7.05. The number of aromatic nitrogens is 3. The summed E-state index contributed by atoms with van der Waals surface area (Å²) in [5.74, 6) is -0.402. The lowest BCUT2D eigenvalue weighted by molar-refractivity contribution is 0.0608. The van der Waals surface area contributed by atoms with Gasteiger partial charge in [-0.1, -0.05) is 12.1 Å². The Morgan fingerprint density at radius 3 is 2.85 bits per heavy atom. The van der Waals surface area contributed by atoms with Crippen LogP contribution in [0.5, 0.6) is 0 Å². The summed E-state index contributed by atoms with van der Waals surface area (Å²) in [6.45, 7) is 2.55. The molecule has 1 aliphatic rings. The van der Waals surface area contributed by atoms with Crippen LogP contribution in [0.4, 0.5) is 4.39 Å². The van der Waals surface area contributed by atoms with Crippen molar-refractivity contribution < 1.29 is 9.18 Å². The van der Waals surface area contributed by atoms with Crippen LogP contribution in [0.2, 0.25) is 0 Å². The van der Waals surface area contributed by atoms with Crippen molar-refractivity contribution in [1.29, 1.82) is 5.26 Å². The maximum absolute atomic E-state index is 13.7. The van der Waals surface area contributed by atoms with E-state index >= 15 is 0 Å². The number of fused-ring (bicyclic) bond motifs is 1. The normalized spacial score (nSPS) is 16.2. The number of aryl methyl sites for hydroxylation is 1. The summed E-state index contributed by atoms with van der Waals surface area (Å²) >= 11 is 1.45. The molecule has 166 valence electrons. The molecule has 0 N–H and O–H groups in total. The minimum absolute atomic E-state index is 0.00442. The van der Waals surface area contributed by atoms with Gasteiger partial charge in [-0.2, -0.15) is 5.26 Å². The van der Waals surface area contributed by atoms with Gasteiger partial charge in [-0.3, -0.25) is 4.79 Å². The number of pyridine rings is 1. The third kappa shape index (κ3) is 4.12. The number of benzene rings is 1. The number of rotatable bonds is 4. The minimum atomic E-state index is -0.309. The van der Waals surface area contributed by atoms with Crippen LogP contribution in [0.15, 0.2) is 48.8 Å². The van der Waals surface area contributed by atoms with E-state index in [1.807, 2.05) is 34.7 Å². The highest BCUT2D eigenvalue weighted by Gasteiger charge is 2.31. The van der Waals surface area contributed by atoms with Crippen LogP contribution in [0.1, 0.15) is 46.0 Å². The molecule has 4 heterocycles. The molecule has 0 spiro atoms. The average Bonchev–Trinajstić information content (AvgIpc) is 3.42. The second-order valence-corrected chi connectivity index (χ2v) is 9.47. The van der Waals surface area contributed by atoms with Crippen LogP contribution >= 0.6 is 11.3 Å². The highest BCUT2D eigenvalue weighted by molar-refractivity contribution is 7.15. The first-order valence-electron chi connectivity index (χ1n) is 10.9. The number of carbonyl (C=O) groups excluding carboxylic acids is 1. The number of halogens is 1. The lowest BCUT2D eigenvalue weighted by atomic mass is 9.97. The molecule has 0 saturated carbocycles. The van der Waals surface area contributed by atoms with Crippen molar-refractivity contribution >= 4 is 22.9 Å². The zero-order valence-electron chi connectivity index (χ0n) is 18.2. The van der Waals surface area contributed by atoms with Crippen molar-refractivity contribution in [3.63, 3.8) is 0 Å². The van der Waals surface area contributed by atoms with Gasteiger partial charge in [0.1, 0.15) is 17.6 Å². The Morgan fingerprint density at radius 2 is 2.06 bits per heavy atom. The molecule has 0 unspecified atom stereocenters. The number of imidazole rings is 1. The minimum Gasteiger partial charge on any atom is -0.334 e. The van der Waals surface area contributed by atoms with Crippen molar-refractivity contribution in [1.82, 2.24) is 19.3 Å². The molecular formula is C25H22FN5OS. The quantitative estimate of drug-likeness (QED) is 0.430. The molecule has 1 atom stereocenters.